The van der Waals surface area contributed by atoms with Crippen molar-refractivity contribution in [1.82, 2.24) is 10.2 Å². The second-order valence-electron chi connectivity index (χ2n) is 4.24. The average Bonchev–Trinajstić information content (AvgIpc) is 3.00. The molecule has 0 saturated heterocycles. The number of amides is 1. The van der Waals surface area contributed by atoms with Crippen LogP contribution in [0.3, 0.4) is 0 Å². The minimum absolute atomic E-state index is 0.154. The van der Waals surface area contributed by atoms with Crippen LogP contribution in [0.1, 0.15) is 10.7 Å². The first kappa shape index (κ1) is 13.0. The summed E-state index contributed by atoms with van der Waals surface area (Å²) in [5, 5.41) is 10.1. The highest BCUT2D eigenvalue weighted by Crippen LogP contribution is 2.17. The van der Waals surface area contributed by atoms with Crippen molar-refractivity contribution in [2.75, 3.05) is 5.32 Å². The lowest BCUT2D eigenvalue weighted by Crippen LogP contribution is -2.12. The molecule has 0 bridgehead atoms. The molecule has 2 aromatic carbocycles. The highest BCUT2D eigenvalue weighted by atomic mass is 19.1. The minimum Gasteiger partial charge on any atom is -0.412 e. The minimum atomic E-state index is -0.545. The van der Waals surface area contributed by atoms with Gasteiger partial charge in [0.2, 0.25) is 5.89 Å². The van der Waals surface area contributed by atoms with E-state index in [1.807, 2.05) is 18.2 Å². The number of aromatic nitrogens is 2. The predicted molar refractivity (Wildman–Crippen MR) is 74.1 cm³/mol. The first-order chi connectivity index (χ1) is 10.2. The van der Waals surface area contributed by atoms with Crippen LogP contribution in [0.2, 0.25) is 0 Å². The molecule has 3 aromatic rings. The standard InChI is InChI=1S/C15H10FN3O2/c16-11-6-8-12(9-7-11)17-13(20)15-19-18-14(21-15)10-4-2-1-3-5-10/h1-9H,(H,17,20). The first-order valence-electron chi connectivity index (χ1n) is 6.18. The summed E-state index contributed by atoms with van der Waals surface area (Å²) in [7, 11) is 0. The van der Waals surface area contributed by atoms with Crippen molar-refractivity contribution in [1.29, 1.82) is 0 Å². The zero-order valence-electron chi connectivity index (χ0n) is 10.8. The number of hydrogen-bond donors (Lipinski definition) is 1. The number of nitrogens with zero attached hydrogens (tertiary/aromatic N) is 2. The van der Waals surface area contributed by atoms with Gasteiger partial charge in [-0.2, -0.15) is 0 Å². The number of hydrogen-bond acceptors (Lipinski definition) is 4. The molecule has 0 radical (unpaired) electrons. The SMILES string of the molecule is O=C(Nc1ccc(F)cc1)c1nnc(-c2ccccc2)o1. The van der Waals surface area contributed by atoms with E-state index in [2.05, 4.69) is 15.5 Å². The van der Waals surface area contributed by atoms with Crippen molar-refractivity contribution < 1.29 is 13.6 Å². The van der Waals surface area contributed by atoms with Gasteiger partial charge in [0.15, 0.2) is 0 Å². The van der Waals surface area contributed by atoms with Crippen molar-refractivity contribution in [2.45, 2.75) is 0 Å². The Balaban J connectivity index is 1.77. The number of anilines is 1. The molecular formula is C15H10FN3O2. The maximum Gasteiger partial charge on any atom is 0.313 e. The van der Waals surface area contributed by atoms with Crippen LogP contribution in [-0.2, 0) is 0 Å². The average molecular weight is 283 g/mol. The summed E-state index contributed by atoms with van der Waals surface area (Å²) in [6.45, 7) is 0. The number of carbonyl (C=O) groups is 1. The van der Waals surface area contributed by atoms with Crippen molar-refractivity contribution >= 4 is 11.6 Å². The summed E-state index contributed by atoms with van der Waals surface area (Å²) in [4.78, 5) is 11.9. The van der Waals surface area contributed by atoms with Gasteiger partial charge in [0, 0.05) is 11.3 Å². The molecule has 3 rings (SSSR count). The molecule has 21 heavy (non-hydrogen) atoms. The molecule has 1 aromatic heterocycles. The molecule has 1 amide bonds. The molecule has 0 saturated carbocycles. The topological polar surface area (TPSA) is 68.0 Å². The monoisotopic (exact) mass is 283 g/mol. The molecule has 0 spiro atoms. The summed E-state index contributed by atoms with van der Waals surface area (Å²) in [5.41, 5.74) is 1.17. The zero-order valence-corrected chi connectivity index (χ0v) is 10.8. The van der Waals surface area contributed by atoms with Crippen LogP contribution in [0.4, 0.5) is 10.1 Å². The highest BCUT2D eigenvalue weighted by molar-refractivity contribution is 6.00. The predicted octanol–water partition coefficient (Wildman–Crippen LogP) is 3.13. The molecule has 0 aliphatic rings. The Labute approximate surface area is 119 Å². The highest BCUT2D eigenvalue weighted by Gasteiger charge is 2.15. The Morgan fingerprint density at radius 2 is 1.71 bits per heavy atom. The fraction of sp³-hybridized carbons (Fsp3) is 0. The summed E-state index contributed by atoms with van der Waals surface area (Å²) in [6, 6.07) is 14.5. The lowest BCUT2D eigenvalue weighted by atomic mass is 10.2. The van der Waals surface area contributed by atoms with Crippen LogP contribution in [0.5, 0.6) is 0 Å². The lowest BCUT2D eigenvalue weighted by Gasteiger charge is -2.01. The molecule has 5 nitrogen and oxygen atoms in total. The van der Waals surface area contributed by atoms with Gasteiger partial charge in [0.05, 0.1) is 0 Å². The molecule has 0 aliphatic heterocycles. The number of halogens is 1. The molecule has 1 heterocycles. The molecule has 1 N–H and O–H groups in total. The summed E-state index contributed by atoms with van der Waals surface area (Å²) >= 11 is 0. The van der Waals surface area contributed by atoms with Crippen LogP contribution in [0, 0.1) is 5.82 Å². The molecule has 0 aliphatic carbocycles. The van der Waals surface area contributed by atoms with Crippen molar-refractivity contribution in [3.63, 3.8) is 0 Å². The quantitative estimate of drug-likeness (QED) is 0.801. The zero-order chi connectivity index (χ0) is 14.7. The Morgan fingerprint density at radius 1 is 1.00 bits per heavy atom. The molecule has 0 fully saturated rings. The Kier molecular flexibility index (Phi) is 3.42. The van der Waals surface area contributed by atoms with Gasteiger partial charge in [-0.15, -0.1) is 10.2 Å². The first-order valence-corrected chi connectivity index (χ1v) is 6.18. The number of rotatable bonds is 3. The van der Waals surface area contributed by atoms with Crippen molar-refractivity contribution in [2.24, 2.45) is 0 Å². The van der Waals surface area contributed by atoms with Gasteiger partial charge < -0.3 is 9.73 Å². The fourth-order valence-corrected chi connectivity index (χ4v) is 1.73. The molecule has 6 heteroatoms. The van der Waals surface area contributed by atoms with E-state index in [9.17, 15) is 9.18 Å². The number of nitrogens with one attached hydrogen (secondary N) is 1. The van der Waals surface area contributed by atoms with E-state index in [-0.39, 0.29) is 17.6 Å². The van der Waals surface area contributed by atoms with E-state index < -0.39 is 5.91 Å². The third-order valence-electron chi connectivity index (χ3n) is 2.74. The summed E-state index contributed by atoms with van der Waals surface area (Å²) in [6.07, 6.45) is 0. The maximum absolute atomic E-state index is 12.8. The number of carbonyl (C=O) groups excluding carboxylic acids is 1. The van der Waals surface area contributed by atoms with Crippen LogP contribution in [0.15, 0.2) is 59.0 Å². The Hall–Kier alpha value is -3.02. The lowest BCUT2D eigenvalue weighted by molar-refractivity contribution is 0.0991. The van der Waals surface area contributed by atoms with E-state index in [0.29, 0.717) is 5.69 Å². The third kappa shape index (κ3) is 2.94. The second kappa shape index (κ2) is 5.54. The molecule has 0 atom stereocenters. The van der Waals surface area contributed by atoms with Gasteiger partial charge in [-0.25, -0.2) is 4.39 Å². The van der Waals surface area contributed by atoms with Gasteiger partial charge in [0.25, 0.3) is 0 Å². The van der Waals surface area contributed by atoms with E-state index in [0.717, 1.165) is 5.56 Å². The van der Waals surface area contributed by atoms with Gasteiger partial charge in [0.1, 0.15) is 5.82 Å². The van der Waals surface area contributed by atoms with E-state index >= 15 is 0 Å². The molecular weight excluding hydrogens is 273 g/mol. The van der Waals surface area contributed by atoms with Gasteiger partial charge in [-0.3, -0.25) is 4.79 Å². The van der Waals surface area contributed by atoms with Crippen LogP contribution in [0.25, 0.3) is 11.5 Å². The van der Waals surface area contributed by atoms with Crippen LogP contribution in [-0.4, -0.2) is 16.1 Å². The van der Waals surface area contributed by atoms with Gasteiger partial charge >= 0.3 is 11.8 Å². The van der Waals surface area contributed by atoms with E-state index in [1.165, 1.54) is 24.3 Å². The Morgan fingerprint density at radius 3 is 2.43 bits per heavy atom. The summed E-state index contributed by atoms with van der Waals surface area (Å²) < 4.78 is 18.1. The summed E-state index contributed by atoms with van der Waals surface area (Å²) in [5.74, 6) is -0.813. The molecule has 0 unspecified atom stereocenters. The van der Waals surface area contributed by atoms with E-state index in [4.69, 9.17) is 4.42 Å². The molecule has 104 valence electrons. The van der Waals surface area contributed by atoms with Crippen LogP contribution < -0.4 is 5.32 Å². The third-order valence-corrected chi connectivity index (χ3v) is 2.74. The van der Waals surface area contributed by atoms with E-state index in [1.54, 1.807) is 12.1 Å². The van der Waals surface area contributed by atoms with Gasteiger partial charge in [-0.05, 0) is 36.4 Å². The smallest absolute Gasteiger partial charge is 0.313 e. The van der Waals surface area contributed by atoms with Crippen molar-refractivity contribution in [3.05, 3.63) is 66.3 Å². The maximum atomic E-state index is 12.8. The van der Waals surface area contributed by atoms with Gasteiger partial charge in [-0.1, -0.05) is 18.2 Å². The van der Waals surface area contributed by atoms with Crippen LogP contribution >= 0.6 is 0 Å². The van der Waals surface area contributed by atoms with Crippen molar-refractivity contribution in [3.8, 4) is 11.5 Å². The fourth-order valence-electron chi connectivity index (χ4n) is 1.73. The Bertz CT molecular complexity index is 754. The largest absolute Gasteiger partial charge is 0.412 e. The normalized spacial score (nSPS) is 10.3. The second-order valence-corrected chi connectivity index (χ2v) is 4.24. The number of benzene rings is 2.